The van der Waals surface area contributed by atoms with Crippen LogP contribution in [0.5, 0.6) is 0 Å². The quantitative estimate of drug-likeness (QED) is 0.604. The molecule has 2 rings (SSSR count). The number of rotatable bonds is 1. The minimum Gasteiger partial charge on any atom is -0.483 e. The molecule has 2 heteroatoms. The van der Waals surface area contributed by atoms with E-state index in [1.54, 1.807) is 0 Å². The van der Waals surface area contributed by atoms with Crippen molar-refractivity contribution in [2.45, 2.75) is 38.4 Å². The maximum Gasteiger partial charge on any atom is 0.157 e. The lowest BCUT2D eigenvalue weighted by Gasteiger charge is -2.29. The molecule has 2 fully saturated rings. The molecule has 1 heterocycles. The number of ether oxygens (including phenoxy) is 1. The topological polar surface area (TPSA) is 32.8 Å². The van der Waals surface area contributed by atoms with Gasteiger partial charge in [-0.25, -0.2) is 0 Å². The van der Waals surface area contributed by atoms with Gasteiger partial charge in [-0.15, -0.1) is 0 Å². The fourth-order valence-electron chi connectivity index (χ4n) is 2.09. The third-order valence-electron chi connectivity index (χ3n) is 3.16. The van der Waals surface area contributed by atoms with Crippen molar-refractivity contribution in [2.24, 2.45) is 11.8 Å². The zero-order chi connectivity index (χ0) is 8.72. The number of aliphatic hydroxyl groups excluding tert-OH is 1. The molecule has 0 aromatic rings. The molecule has 2 aliphatic rings. The second kappa shape index (κ2) is 2.77. The van der Waals surface area contributed by atoms with E-state index in [0.29, 0.717) is 11.8 Å². The third kappa shape index (κ3) is 1.36. The maximum absolute atomic E-state index is 9.63. The lowest BCUT2D eigenvalue weighted by molar-refractivity contribution is 0.0455. The Kier molecular flexibility index (Phi) is 1.87. The molecule has 1 saturated heterocycles. The van der Waals surface area contributed by atoms with Gasteiger partial charge in [-0.1, -0.05) is 13.5 Å². The van der Waals surface area contributed by atoms with Crippen LogP contribution in [0.25, 0.3) is 0 Å². The molecule has 4 unspecified atom stereocenters. The van der Waals surface area contributed by atoms with Crippen molar-refractivity contribution < 1.29 is 9.84 Å². The summed E-state index contributed by atoms with van der Waals surface area (Å²) >= 11 is 0. The van der Waals surface area contributed by atoms with Crippen molar-refractivity contribution in [3.63, 3.8) is 0 Å². The number of aliphatic hydroxyl groups is 1. The highest BCUT2D eigenvalue weighted by atomic mass is 16.6. The summed E-state index contributed by atoms with van der Waals surface area (Å²) in [4.78, 5) is 0. The molecule has 0 amide bonds. The highest BCUT2D eigenvalue weighted by Crippen LogP contribution is 2.41. The third-order valence-corrected chi connectivity index (χ3v) is 3.16. The molecule has 0 bridgehead atoms. The van der Waals surface area contributed by atoms with E-state index in [1.165, 1.54) is 6.42 Å². The van der Waals surface area contributed by atoms with Crippen LogP contribution < -0.4 is 0 Å². The zero-order valence-corrected chi connectivity index (χ0v) is 7.49. The van der Waals surface area contributed by atoms with Crippen LogP contribution in [0.3, 0.4) is 0 Å². The van der Waals surface area contributed by atoms with Gasteiger partial charge in [-0.05, 0) is 25.2 Å². The van der Waals surface area contributed by atoms with Crippen LogP contribution in [0.2, 0.25) is 0 Å². The largest absolute Gasteiger partial charge is 0.483 e. The first kappa shape index (κ1) is 8.11. The summed E-state index contributed by atoms with van der Waals surface area (Å²) in [6.07, 6.45) is 3.35. The average molecular weight is 168 g/mol. The molecule has 1 aliphatic heterocycles. The van der Waals surface area contributed by atoms with Gasteiger partial charge in [0.05, 0.1) is 6.10 Å². The number of hydrogen-bond acceptors (Lipinski definition) is 2. The Bertz CT molecular complexity index is 200. The van der Waals surface area contributed by atoms with Crippen LogP contribution >= 0.6 is 0 Å². The van der Waals surface area contributed by atoms with Crippen LogP contribution in [0.15, 0.2) is 12.3 Å². The monoisotopic (exact) mass is 168 g/mol. The van der Waals surface area contributed by atoms with E-state index >= 15 is 0 Å². The Balaban J connectivity index is 1.90. The molecular weight excluding hydrogens is 152 g/mol. The lowest BCUT2D eigenvalue weighted by atomic mass is 9.79. The fourth-order valence-corrected chi connectivity index (χ4v) is 2.09. The predicted octanol–water partition coefficient (Wildman–Crippen LogP) is 1.70. The van der Waals surface area contributed by atoms with E-state index in [0.717, 1.165) is 18.6 Å². The van der Waals surface area contributed by atoms with Crippen molar-refractivity contribution >= 4 is 0 Å². The molecule has 0 aromatic heterocycles. The van der Waals surface area contributed by atoms with Gasteiger partial charge in [0.2, 0.25) is 0 Å². The van der Waals surface area contributed by atoms with E-state index in [2.05, 4.69) is 13.5 Å². The van der Waals surface area contributed by atoms with Gasteiger partial charge in [0.1, 0.15) is 5.76 Å². The van der Waals surface area contributed by atoms with Crippen LogP contribution in [0.4, 0.5) is 0 Å². The predicted molar refractivity (Wildman–Crippen MR) is 46.5 cm³/mol. The summed E-state index contributed by atoms with van der Waals surface area (Å²) in [5, 5.41) is 9.63. The molecule has 2 nitrogen and oxygen atoms in total. The smallest absolute Gasteiger partial charge is 0.157 e. The summed E-state index contributed by atoms with van der Waals surface area (Å²) in [6, 6.07) is 0. The van der Waals surface area contributed by atoms with Gasteiger partial charge < -0.3 is 9.84 Å². The van der Waals surface area contributed by atoms with Crippen LogP contribution in [0.1, 0.15) is 26.2 Å². The molecule has 12 heavy (non-hydrogen) atoms. The van der Waals surface area contributed by atoms with Gasteiger partial charge in [0.25, 0.3) is 0 Å². The Morgan fingerprint density at radius 1 is 1.50 bits per heavy atom. The molecule has 1 N–H and O–H groups in total. The van der Waals surface area contributed by atoms with Crippen molar-refractivity contribution in [3.05, 3.63) is 12.3 Å². The Morgan fingerprint density at radius 3 is 2.67 bits per heavy atom. The minimum absolute atomic E-state index is 0.124. The molecule has 1 saturated carbocycles. The second-order valence-corrected chi connectivity index (χ2v) is 4.12. The van der Waals surface area contributed by atoms with Crippen molar-refractivity contribution in [2.75, 3.05) is 0 Å². The van der Waals surface area contributed by atoms with Crippen LogP contribution in [-0.2, 0) is 4.74 Å². The molecule has 0 radical (unpaired) electrons. The van der Waals surface area contributed by atoms with E-state index in [1.807, 2.05) is 0 Å². The molecule has 1 aliphatic carbocycles. The van der Waals surface area contributed by atoms with Crippen LogP contribution in [-0.4, -0.2) is 17.3 Å². The SMILES string of the molecule is C=C1OC1C1CCC(C)C(O)C1. The fraction of sp³-hybridized carbons (Fsp3) is 0.800. The normalized spacial score (nSPS) is 47.0. The highest BCUT2D eigenvalue weighted by Gasteiger charge is 2.42. The van der Waals surface area contributed by atoms with Gasteiger partial charge >= 0.3 is 0 Å². The standard InChI is InChI=1S/C10H16O2/c1-6-3-4-8(5-9(6)11)10-7(2)12-10/h6,8-11H,2-5H2,1H3. The summed E-state index contributed by atoms with van der Waals surface area (Å²) in [6.45, 7) is 5.88. The van der Waals surface area contributed by atoms with Crippen molar-refractivity contribution in [1.29, 1.82) is 0 Å². The second-order valence-electron chi connectivity index (χ2n) is 4.12. The summed E-state index contributed by atoms with van der Waals surface area (Å²) in [5.74, 6) is 1.92. The van der Waals surface area contributed by atoms with E-state index < -0.39 is 0 Å². The number of hydrogen-bond donors (Lipinski definition) is 1. The average Bonchev–Trinajstić information content (AvgIpc) is 2.73. The van der Waals surface area contributed by atoms with Crippen molar-refractivity contribution in [3.8, 4) is 0 Å². The zero-order valence-electron chi connectivity index (χ0n) is 7.49. The maximum atomic E-state index is 9.63. The Labute approximate surface area is 73.2 Å². The number of epoxide rings is 1. The molecule has 68 valence electrons. The first-order valence-electron chi connectivity index (χ1n) is 4.72. The van der Waals surface area contributed by atoms with E-state index in [-0.39, 0.29) is 12.2 Å². The first-order chi connectivity index (χ1) is 5.68. The lowest BCUT2D eigenvalue weighted by Crippen LogP contribution is -2.29. The van der Waals surface area contributed by atoms with E-state index in [9.17, 15) is 5.11 Å². The summed E-state index contributed by atoms with van der Waals surface area (Å²) < 4.78 is 5.23. The van der Waals surface area contributed by atoms with Crippen LogP contribution in [0, 0.1) is 11.8 Å². The first-order valence-corrected chi connectivity index (χ1v) is 4.72. The van der Waals surface area contributed by atoms with Gasteiger partial charge in [-0.2, -0.15) is 0 Å². The molecule has 4 atom stereocenters. The molecule has 0 spiro atoms. The molecular formula is C10H16O2. The van der Waals surface area contributed by atoms with Gasteiger partial charge in [0, 0.05) is 5.92 Å². The summed E-state index contributed by atoms with van der Waals surface area (Å²) in [5.41, 5.74) is 0. The van der Waals surface area contributed by atoms with Gasteiger partial charge in [-0.3, -0.25) is 0 Å². The van der Waals surface area contributed by atoms with E-state index in [4.69, 9.17) is 4.74 Å². The van der Waals surface area contributed by atoms with Gasteiger partial charge in [0.15, 0.2) is 6.10 Å². The minimum atomic E-state index is -0.124. The Morgan fingerprint density at radius 2 is 2.17 bits per heavy atom. The highest BCUT2D eigenvalue weighted by molar-refractivity contribution is 5.11. The molecule has 0 aromatic carbocycles. The Hall–Kier alpha value is -0.500. The van der Waals surface area contributed by atoms with Crippen molar-refractivity contribution in [1.82, 2.24) is 0 Å². The summed E-state index contributed by atoms with van der Waals surface area (Å²) in [7, 11) is 0.